The Morgan fingerprint density at radius 1 is 1.04 bits per heavy atom. The first kappa shape index (κ1) is 17.0. The highest BCUT2D eigenvalue weighted by atomic mass is 19.1. The van der Waals surface area contributed by atoms with Crippen molar-refractivity contribution in [2.24, 2.45) is 0 Å². The van der Waals surface area contributed by atoms with Crippen molar-refractivity contribution in [3.8, 4) is 0 Å². The van der Waals surface area contributed by atoms with Gasteiger partial charge in [0.05, 0.1) is 5.69 Å². The van der Waals surface area contributed by atoms with Gasteiger partial charge < -0.3 is 10.6 Å². The maximum atomic E-state index is 13.6. The van der Waals surface area contributed by atoms with E-state index < -0.39 is 17.5 Å². The molecule has 25 heavy (non-hydrogen) atoms. The fraction of sp³-hybridized carbons (Fsp3) is 0.278. The first-order valence-corrected chi connectivity index (χ1v) is 8.06. The topological polar surface area (TPSA) is 71.1 Å². The standard InChI is InChI=1S/C18H17F2N3O2/c19-12-5-6-15(14(20)10-12)23-17(24)11-7-8-21-16(9-11)18(25)22-13-3-1-2-4-13/h5-10,13H,1-4H2,(H,22,25)(H,23,24). The average Bonchev–Trinajstić information content (AvgIpc) is 3.10. The molecule has 1 fully saturated rings. The molecule has 0 aliphatic heterocycles. The van der Waals surface area contributed by atoms with Crippen LogP contribution < -0.4 is 10.6 Å². The SMILES string of the molecule is O=C(Nc1ccc(F)cc1F)c1ccnc(C(=O)NC2CCCC2)c1. The Morgan fingerprint density at radius 2 is 1.80 bits per heavy atom. The molecule has 2 aromatic rings. The van der Waals surface area contributed by atoms with Crippen LogP contribution in [0.15, 0.2) is 36.5 Å². The minimum atomic E-state index is -0.874. The highest BCUT2D eigenvalue weighted by Gasteiger charge is 2.19. The number of nitrogens with zero attached hydrogens (tertiary/aromatic N) is 1. The number of anilines is 1. The Labute approximate surface area is 143 Å². The van der Waals surface area contributed by atoms with Gasteiger partial charge in [0.25, 0.3) is 11.8 Å². The molecule has 0 bridgehead atoms. The molecule has 0 unspecified atom stereocenters. The summed E-state index contributed by atoms with van der Waals surface area (Å²) in [7, 11) is 0. The van der Waals surface area contributed by atoms with Crippen LogP contribution in [0, 0.1) is 11.6 Å². The van der Waals surface area contributed by atoms with Crippen LogP contribution in [0.1, 0.15) is 46.5 Å². The fourth-order valence-electron chi connectivity index (χ4n) is 2.81. The highest BCUT2D eigenvalue weighted by molar-refractivity contribution is 6.05. The first-order valence-electron chi connectivity index (χ1n) is 8.06. The predicted molar refractivity (Wildman–Crippen MR) is 88.3 cm³/mol. The van der Waals surface area contributed by atoms with E-state index in [4.69, 9.17) is 0 Å². The van der Waals surface area contributed by atoms with Gasteiger partial charge in [0.1, 0.15) is 17.3 Å². The van der Waals surface area contributed by atoms with Crippen LogP contribution in [0.3, 0.4) is 0 Å². The largest absolute Gasteiger partial charge is 0.348 e. The number of nitrogens with one attached hydrogen (secondary N) is 2. The lowest BCUT2D eigenvalue weighted by Crippen LogP contribution is -2.33. The van der Waals surface area contributed by atoms with Crippen molar-refractivity contribution in [2.75, 3.05) is 5.32 Å². The van der Waals surface area contributed by atoms with Gasteiger partial charge in [0, 0.05) is 23.9 Å². The van der Waals surface area contributed by atoms with Gasteiger partial charge in [0.15, 0.2) is 0 Å². The van der Waals surface area contributed by atoms with E-state index in [-0.39, 0.29) is 28.9 Å². The van der Waals surface area contributed by atoms with Crippen LogP contribution in [-0.2, 0) is 0 Å². The summed E-state index contributed by atoms with van der Waals surface area (Å²) in [6, 6.07) is 5.77. The van der Waals surface area contributed by atoms with Crippen molar-refractivity contribution in [1.29, 1.82) is 0 Å². The molecule has 1 heterocycles. The van der Waals surface area contributed by atoms with Crippen molar-refractivity contribution < 1.29 is 18.4 Å². The molecule has 130 valence electrons. The normalized spacial score (nSPS) is 14.3. The lowest BCUT2D eigenvalue weighted by atomic mass is 10.2. The van der Waals surface area contributed by atoms with E-state index in [1.807, 2.05) is 0 Å². The third-order valence-corrected chi connectivity index (χ3v) is 4.12. The van der Waals surface area contributed by atoms with Crippen molar-refractivity contribution in [2.45, 2.75) is 31.7 Å². The molecule has 1 aromatic carbocycles. The van der Waals surface area contributed by atoms with E-state index in [1.54, 1.807) is 0 Å². The van der Waals surface area contributed by atoms with E-state index in [1.165, 1.54) is 18.3 Å². The summed E-state index contributed by atoms with van der Waals surface area (Å²) in [4.78, 5) is 28.4. The second kappa shape index (κ2) is 7.38. The number of pyridine rings is 1. The fourth-order valence-corrected chi connectivity index (χ4v) is 2.81. The number of rotatable bonds is 4. The van der Waals surface area contributed by atoms with Crippen molar-refractivity contribution >= 4 is 17.5 Å². The van der Waals surface area contributed by atoms with Gasteiger partial charge in [-0.15, -0.1) is 0 Å². The maximum Gasteiger partial charge on any atom is 0.270 e. The van der Waals surface area contributed by atoms with E-state index in [2.05, 4.69) is 15.6 Å². The molecule has 0 atom stereocenters. The minimum Gasteiger partial charge on any atom is -0.348 e. The second-order valence-electron chi connectivity index (χ2n) is 5.96. The molecule has 1 aromatic heterocycles. The molecule has 0 spiro atoms. The summed E-state index contributed by atoms with van der Waals surface area (Å²) < 4.78 is 26.5. The van der Waals surface area contributed by atoms with Crippen LogP contribution in [0.25, 0.3) is 0 Å². The Bertz CT molecular complexity index is 805. The zero-order valence-corrected chi connectivity index (χ0v) is 13.4. The second-order valence-corrected chi connectivity index (χ2v) is 5.96. The van der Waals surface area contributed by atoms with Gasteiger partial charge in [-0.1, -0.05) is 12.8 Å². The van der Waals surface area contributed by atoms with Crippen LogP contribution in [-0.4, -0.2) is 22.8 Å². The monoisotopic (exact) mass is 345 g/mol. The number of carbonyl (C=O) groups is 2. The molecule has 5 nitrogen and oxygen atoms in total. The highest BCUT2D eigenvalue weighted by Crippen LogP contribution is 2.19. The van der Waals surface area contributed by atoms with Crippen LogP contribution in [0.5, 0.6) is 0 Å². The Kier molecular flexibility index (Phi) is 5.02. The van der Waals surface area contributed by atoms with Gasteiger partial charge >= 0.3 is 0 Å². The molecule has 0 saturated heterocycles. The third-order valence-electron chi connectivity index (χ3n) is 4.12. The molecule has 2 N–H and O–H groups in total. The number of halogens is 2. The van der Waals surface area contributed by atoms with Crippen LogP contribution >= 0.6 is 0 Å². The zero-order chi connectivity index (χ0) is 17.8. The number of hydrogen-bond acceptors (Lipinski definition) is 3. The quantitative estimate of drug-likeness (QED) is 0.893. The number of hydrogen-bond donors (Lipinski definition) is 2. The molecular weight excluding hydrogens is 328 g/mol. The van der Waals surface area contributed by atoms with Gasteiger partial charge in [-0.2, -0.15) is 0 Å². The van der Waals surface area contributed by atoms with E-state index in [0.29, 0.717) is 6.07 Å². The summed E-state index contributed by atoms with van der Waals surface area (Å²) in [5, 5.41) is 5.24. The Balaban J connectivity index is 1.71. The number of amides is 2. The average molecular weight is 345 g/mol. The van der Waals surface area contributed by atoms with Crippen LogP contribution in [0.2, 0.25) is 0 Å². The van der Waals surface area contributed by atoms with E-state index in [9.17, 15) is 18.4 Å². The zero-order valence-electron chi connectivity index (χ0n) is 13.4. The minimum absolute atomic E-state index is 0.124. The predicted octanol–water partition coefficient (Wildman–Crippen LogP) is 3.28. The lowest BCUT2D eigenvalue weighted by molar-refractivity contribution is 0.0933. The van der Waals surface area contributed by atoms with Crippen LogP contribution in [0.4, 0.5) is 14.5 Å². The van der Waals surface area contributed by atoms with Crippen molar-refractivity contribution in [3.05, 3.63) is 59.4 Å². The number of aromatic nitrogens is 1. The molecule has 3 rings (SSSR count). The molecule has 1 aliphatic carbocycles. The Morgan fingerprint density at radius 3 is 2.52 bits per heavy atom. The third kappa shape index (κ3) is 4.17. The van der Waals surface area contributed by atoms with E-state index in [0.717, 1.165) is 37.8 Å². The summed E-state index contributed by atoms with van der Waals surface area (Å²) in [6.45, 7) is 0. The van der Waals surface area contributed by atoms with E-state index >= 15 is 0 Å². The van der Waals surface area contributed by atoms with Gasteiger partial charge in [0.2, 0.25) is 0 Å². The summed E-state index contributed by atoms with van der Waals surface area (Å²) in [5.41, 5.74) is 0.148. The van der Waals surface area contributed by atoms with Gasteiger partial charge in [-0.05, 0) is 37.1 Å². The molecule has 1 saturated carbocycles. The molecule has 0 radical (unpaired) electrons. The van der Waals surface area contributed by atoms with Gasteiger partial charge in [-0.3, -0.25) is 14.6 Å². The number of carbonyl (C=O) groups excluding carboxylic acids is 2. The van der Waals surface area contributed by atoms with Crippen molar-refractivity contribution in [3.63, 3.8) is 0 Å². The molecule has 2 amide bonds. The maximum absolute atomic E-state index is 13.6. The first-order chi connectivity index (χ1) is 12.0. The summed E-state index contributed by atoms with van der Waals surface area (Å²) in [6.07, 6.45) is 5.40. The molecular formula is C18H17F2N3O2. The molecule has 7 heteroatoms. The summed E-state index contributed by atoms with van der Waals surface area (Å²) in [5.74, 6) is -2.55. The number of benzene rings is 1. The molecule has 1 aliphatic rings. The Hall–Kier alpha value is -2.83. The smallest absolute Gasteiger partial charge is 0.270 e. The van der Waals surface area contributed by atoms with Gasteiger partial charge in [-0.25, -0.2) is 8.78 Å². The van der Waals surface area contributed by atoms with Crippen molar-refractivity contribution in [1.82, 2.24) is 10.3 Å². The summed E-state index contributed by atoms with van der Waals surface area (Å²) >= 11 is 0. The lowest BCUT2D eigenvalue weighted by Gasteiger charge is -2.12.